The molecule has 20 heavy (non-hydrogen) atoms. The SMILES string of the molecule is CCCCn1ccc(C(C)(C=O)C(=O)OCC)cc1=O. The Kier molecular flexibility index (Phi) is 5.67. The zero-order valence-electron chi connectivity index (χ0n) is 12.2. The molecule has 0 spiro atoms. The van der Waals surface area contributed by atoms with E-state index < -0.39 is 11.4 Å². The average Bonchev–Trinajstić information content (AvgIpc) is 2.45. The lowest BCUT2D eigenvalue weighted by molar-refractivity contribution is -0.150. The van der Waals surface area contributed by atoms with Crippen molar-refractivity contribution in [3.63, 3.8) is 0 Å². The molecule has 1 heterocycles. The van der Waals surface area contributed by atoms with Gasteiger partial charge in [0.15, 0.2) is 0 Å². The van der Waals surface area contributed by atoms with Gasteiger partial charge in [-0.25, -0.2) is 0 Å². The van der Waals surface area contributed by atoms with Crippen LogP contribution in [-0.2, 0) is 26.3 Å². The number of carbonyl (C=O) groups is 2. The van der Waals surface area contributed by atoms with Gasteiger partial charge in [0, 0.05) is 18.8 Å². The molecule has 0 saturated carbocycles. The van der Waals surface area contributed by atoms with Gasteiger partial charge in [-0.15, -0.1) is 0 Å². The van der Waals surface area contributed by atoms with Gasteiger partial charge < -0.3 is 14.1 Å². The number of nitrogens with zero attached hydrogens (tertiary/aromatic N) is 1. The van der Waals surface area contributed by atoms with E-state index in [1.807, 2.05) is 6.92 Å². The molecule has 0 N–H and O–H groups in total. The first-order valence-corrected chi connectivity index (χ1v) is 6.84. The number of aldehydes is 1. The first-order chi connectivity index (χ1) is 9.49. The van der Waals surface area contributed by atoms with Crippen molar-refractivity contribution in [2.24, 2.45) is 0 Å². The molecule has 0 aromatic carbocycles. The Hall–Kier alpha value is -1.91. The van der Waals surface area contributed by atoms with Gasteiger partial charge in [0.2, 0.25) is 0 Å². The average molecular weight is 279 g/mol. The smallest absolute Gasteiger partial charge is 0.323 e. The first kappa shape index (κ1) is 16.1. The van der Waals surface area contributed by atoms with Gasteiger partial charge in [-0.2, -0.15) is 0 Å². The van der Waals surface area contributed by atoms with Crippen LogP contribution in [-0.4, -0.2) is 23.4 Å². The van der Waals surface area contributed by atoms with Crippen molar-refractivity contribution in [2.45, 2.75) is 45.6 Å². The highest BCUT2D eigenvalue weighted by atomic mass is 16.5. The molecule has 0 radical (unpaired) electrons. The van der Waals surface area contributed by atoms with Gasteiger partial charge in [0.05, 0.1) is 6.61 Å². The summed E-state index contributed by atoms with van der Waals surface area (Å²) in [6, 6.07) is 2.96. The molecule has 0 aliphatic heterocycles. The van der Waals surface area contributed by atoms with Gasteiger partial charge in [-0.3, -0.25) is 9.59 Å². The van der Waals surface area contributed by atoms with E-state index in [-0.39, 0.29) is 12.2 Å². The quantitative estimate of drug-likeness (QED) is 0.432. The van der Waals surface area contributed by atoms with Crippen molar-refractivity contribution in [3.05, 3.63) is 34.2 Å². The largest absolute Gasteiger partial charge is 0.465 e. The summed E-state index contributed by atoms with van der Waals surface area (Å²) in [7, 11) is 0. The summed E-state index contributed by atoms with van der Waals surface area (Å²) in [5.41, 5.74) is -1.28. The van der Waals surface area contributed by atoms with Gasteiger partial charge in [0.1, 0.15) is 11.7 Å². The topological polar surface area (TPSA) is 65.4 Å². The van der Waals surface area contributed by atoms with Crippen LogP contribution < -0.4 is 5.56 Å². The van der Waals surface area contributed by atoms with Crippen molar-refractivity contribution < 1.29 is 14.3 Å². The van der Waals surface area contributed by atoms with E-state index in [4.69, 9.17) is 4.74 Å². The summed E-state index contributed by atoms with van der Waals surface area (Å²) in [5, 5.41) is 0. The Morgan fingerprint density at radius 3 is 2.65 bits per heavy atom. The molecule has 1 unspecified atom stereocenters. The summed E-state index contributed by atoms with van der Waals surface area (Å²) >= 11 is 0. The van der Waals surface area contributed by atoms with Crippen molar-refractivity contribution in [2.75, 3.05) is 6.61 Å². The minimum absolute atomic E-state index is 0.190. The minimum Gasteiger partial charge on any atom is -0.465 e. The van der Waals surface area contributed by atoms with Gasteiger partial charge in [-0.1, -0.05) is 13.3 Å². The molecule has 1 atom stereocenters. The Balaban J connectivity index is 3.12. The standard InChI is InChI=1S/C15H21NO4/c1-4-6-8-16-9-7-12(10-13(16)18)15(3,11-17)14(19)20-5-2/h7,9-11H,4-6,8H2,1-3H3. The van der Waals surface area contributed by atoms with Crippen molar-refractivity contribution in [1.82, 2.24) is 4.57 Å². The van der Waals surface area contributed by atoms with E-state index in [2.05, 4.69) is 0 Å². The lowest BCUT2D eigenvalue weighted by Crippen LogP contribution is -2.37. The van der Waals surface area contributed by atoms with Crippen LogP contribution in [0.2, 0.25) is 0 Å². The summed E-state index contributed by atoms with van der Waals surface area (Å²) in [6.45, 7) is 6.00. The zero-order valence-corrected chi connectivity index (χ0v) is 12.2. The lowest BCUT2D eigenvalue weighted by atomic mass is 9.84. The third-order valence-corrected chi connectivity index (χ3v) is 3.28. The molecular formula is C15H21NO4. The predicted octanol–water partition coefficient (Wildman–Crippen LogP) is 1.67. The number of pyridine rings is 1. The Morgan fingerprint density at radius 1 is 1.45 bits per heavy atom. The van der Waals surface area contributed by atoms with Crippen LogP contribution in [0.25, 0.3) is 0 Å². The fourth-order valence-electron chi connectivity index (χ4n) is 1.86. The van der Waals surface area contributed by atoms with E-state index in [9.17, 15) is 14.4 Å². The lowest BCUT2D eigenvalue weighted by Gasteiger charge is -2.21. The summed E-state index contributed by atoms with van der Waals surface area (Å²) in [5.74, 6) is -0.638. The summed E-state index contributed by atoms with van der Waals surface area (Å²) in [4.78, 5) is 35.2. The maximum Gasteiger partial charge on any atom is 0.323 e. The van der Waals surface area contributed by atoms with Crippen LogP contribution in [0.1, 0.15) is 39.2 Å². The molecule has 0 bridgehead atoms. The number of rotatable bonds is 7. The molecule has 5 heteroatoms. The van der Waals surface area contributed by atoms with Gasteiger partial charge in [0.25, 0.3) is 5.56 Å². The van der Waals surface area contributed by atoms with Crippen LogP contribution in [0.5, 0.6) is 0 Å². The van der Waals surface area contributed by atoms with Gasteiger partial charge in [-0.05, 0) is 31.9 Å². The van der Waals surface area contributed by atoms with Crippen molar-refractivity contribution >= 4 is 12.3 Å². The Bertz CT molecular complexity index is 535. The molecule has 0 amide bonds. The van der Waals surface area contributed by atoms with E-state index in [0.717, 1.165) is 12.8 Å². The number of carbonyl (C=O) groups excluding carboxylic acids is 2. The Morgan fingerprint density at radius 2 is 2.15 bits per heavy atom. The third kappa shape index (κ3) is 3.35. The molecular weight excluding hydrogens is 258 g/mol. The molecule has 5 nitrogen and oxygen atoms in total. The molecule has 0 saturated heterocycles. The number of aromatic nitrogens is 1. The van der Waals surface area contributed by atoms with Gasteiger partial charge >= 0.3 is 5.97 Å². The second kappa shape index (κ2) is 7.03. The molecule has 1 rings (SSSR count). The molecule has 110 valence electrons. The van der Waals surface area contributed by atoms with Crippen LogP contribution >= 0.6 is 0 Å². The summed E-state index contributed by atoms with van der Waals surface area (Å²) < 4.78 is 6.48. The zero-order chi connectivity index (χ0) is 15.2. The van der Waals surface area contributed by atoms with E-state index in [1.54, 1.807) is 23.8 Å². The number of hydrogen-bond donors (Lipinski definition) is 0. The van der Waals surface area contributed by atoms with Crippen LogP contribution in [0.4, 0.5) is 0 Å². The molecule has 0 fully saturated rings. The highest BCUT2D eigenvalue weighted by Crippen LogP contribution is 2.22. The maximum absolute atomic E-state index is 12.0. The second-order valence-electron chi connectivity index (χ2n) is 4.84. The monoisotopic (exact) mass is 279 g/mol. The number of aryl methyl sites for hydroxylation is 1. The van der Waals surface area contributed by atoms with Crippen LogP contribution in [0.15, 0.2) is 23.1 Å². The molecule has 1 aromatic rings. The normalized spacial score (nSPS) is 13.6. The fraction of sp³-hybridized carbons (Fsp3) is 0.533. The van der Waals surface area contributed by atoms with Crippen LogP contribution in [0, 0.1) is 0 Å². The molecule has 0 aliphatic carbocycles. The third-order valence-electron chi connectivity index (χ3n) is 3.28. The summed E-state index contributed by atoms with van der Waals surface area (Å²) in [6.07, 6.45) is 4.04. The number of unbranched alkanes of at least 4 members (excludes halogenated alkanes) is 1. The van der Waals surface area contributed by atoms with Crippen molar-refractivity contribution in [3.8, 4) is 0 Å². The number of hydrogen-bond acceptors (Lipinski definition) is 4. The van der Waals surface area contributed by atoms with Crippen molar-refractivity contribution in [1.29, 1.82) is 0 Å². The van der Waals surface area contributed by atoms with E-state index in [1.165, 1.54) is 13.0 Å². The number of esters is 1. The van der Waals surface area contributed by atoms with E-state index in [0.29, 0.717) is 18.4 Å². The highest BCUT2D eigenvalue weighted by molar-refractivity contribution is 5.99. The molecule has 1 aromatic heterocycles. The fourth-order valence-corrected chi connectivity index (χ4v) is 1.86. The predicted molar refractivity (Wildman–Crippen MR) is 75.7 cm³/mol. The maximum atomic E-state index is 12.0. The minimum atomic E-state index is -1.43. The van der Waals surface area contributed by atoms with Crippen LogP contribution in [0.3, 0.4) is 0 Å². The molecule has 0 aliphatic rings. The number of ether oxygens (including phenoxy) is 1. The van der Waals surface area contributed by atoms with E-state index >= 15 is 0 Å². The first-order valence-electron chi connectivity index (χ1n) is 6.84. The Labute approximate surface area is 118 Å². The second-order valence-corrected chi connectivity index (χ2v) is 4.84. The highest BCUT2D eigenvalue weighted by Gasteiger charge is 2.37.